The number of hydrogen-bond donors (Lipinski definition) is 1. The molecule has 0 unspecified atom stereocenters. The molecule has 1 aliphatic rings. The van der Waals surface area contributed by atoms with Crippen LogP contribution in [-0.4, -0.2) is 43.0 Å². The van der Waals surface area contributed by atoms with Gasteiger partial charge in [0, 0.05) is 38.2 Å². The molecule has 1 aromatic rings. The number of rotatable bonds is 8. The predicted molar refractivity (Wildman–Crippen MR) is 102 cm³/mol. The second-order valence-electron chi connectivity index (χ2n) is 6.79. The van der Waals surface area contributed by atoms with Crippen LogP contribution in [0.5, 0.6) is 0 Å². The van der Waals surface area contributed by atoms with Gasteiger partial charge in [-0.25, -0.2) is 0 Å². The molecule has 1 heterocycles. The highest BCUT2D eigenvalue weighted by atomic mass is 16.6. The van der Waals surface area contributed by atoms with E-state index < -0.39 is 4.92 Å². The Kier molecular flexibility index (Phi) is 7.57. The number of ether oxygens (including phenoxy) is 1. The van der Waals surface area contributed by atoms with E-state index in [1.54, 1.807) is 13.0 Å². The van der Waals surface area contributed by atoms with Crippen molar-refractivity contribution < 1.29 is 19.2 Å². The van der Waals surface area contributed by atoms with Gasteiger partial charge in [0.2, 0.25) is 0 Å². The van der Waals surface area contributed by atoms with Crippen molar-refractivity contribution in [1.82, 2.24) is 5.32 Å². The minimum absolute atomic E-state index is 0.110. The summed E-state index contributed by atoms with van der Waals surface area (Å²) in [5.74, 6) is -0.0270. The molecule has 0 aromatic heterocycles. The van der Waals surface area contributed by atoms with Crippen molar-refractivity contribution in [2.45, 2.75) is 39.5 Å². The van der Waals surface area contributed by atoms with Crippen molar-refractivity contribution in [3.05, 3.63) is 33.9 Å². The molecule has 8 nitrogen and oxygen atoms in total. The molecule has 1 N–H and O–H groups in total. The van der Waals surface area contributed by atoms with Gasteiger partial charge in [-0.2, -0.15) is 0 Å². The summed E-state index contributed by atoms with van der Waals surface area (Å²) >= 11 is 0. The number of nitro groups is 1. The number of amides is 1. The maximum atomic E-state index is 12.6. The van der Waals surface area contributed by atoms with Gasteiger partial charge in [0.25, 0.3) is 11.6 Å². The van der Waals surface area contributed by atoms with Crippen LogP contribution in [0.15, 0.2) is 18.2 Å². The smallest absolute Gasteiger partial charge is 0.305 e. The highest BCUT2D eigenvalue weighted by Gasteiger charge is 2.23. The molecule has 1 aliphatic heterocycles. The van der Waals surface area contributed by atoms with Gasteiger partial charge in [-0.05, 0) is 38.2 Å². The Hall–Kier alpha value is -2.64. The van der Waals surface area contributed by atoms with E-state index in [9.17, 15) is 19.7 Å². The first-order valence-corrected chi connectivity index (χ1v) is 9.39. The number of piperidine rings is 1. The zero-order chi connectivity index (χ0) is 19.8. The summed E-state index contributed by atoms with van der Waals surface area (Å²) in [6.45, 7) is 6.22. The first-order valence-electron chi connectivity index (χ1n) is 9.39. The third-order valence-corrected chi connectivity index (χ3v) is 4.71. The molecular formula is C19H27N3O5. The summed E-state index contributed by atoms with van der Waals surface area (Å²) in [5.41, 5.74) is 0.908. The van der Waals surface area contributed by atoms with Crippen LogP contribution in [0.3, 0.4) is 0 Å². The average Bonchev–Trinajstić information content (AvgIpc) is 2.65. The molecule has 0 spiro atoms. The predicted octanol–water partition coefficient (Wildman–Crippen LogP) is 2.90. The molecule has 148 valence electrons. The fraction of sp³-hybridized carbons (Fsp3) is 0.579. The van der Waals surface area contributed by atoms with Crippen LogP contribution in [0.1, 0.15) is 49.9 Å². The van der Waals surface area contributed by atoms with E-state index in [0.29, 0.717) is 31.1 Å². The van der Waals surface area contributed by atoms with Crippen molar-refractivity contribution in [2.24, 2.45) is 5.92 Å². The van der Waals surface area contributed by atoms with Gasteiger partial charge in [-0.3, -0.25) is 19.7 Å². The summed E-state index contributed by atoms with van der Waals surface area (Å²) < 4.78 is 4.85. The van der Waals surface area contributed by atoms with E-state index in [4.69, 9.17) is 4.74 Å². The second-order valence-corrected chi connectivity index (χ2v) is 6.79. The van der Waals surface area contributed by atoms with Crippen molar-refractivity contribution in [3.63, 3.8) is 0 Å². The fourth-order valence-corrected chi connectivity index (χ4v) is 3.11. The molecule has 0 bridgehead atoms. The zero-order valence-electron chi connectivity index (χ0n) is 15.9. The first kappa shape index (κ1) is 20.7. The molecule has 1 amide bonds. The van der Waals surface area contributed by atoms with Gasteiger partial charge >= 0.3 is 5.97 Å². The van der Waals surface area contributed by atoms with Crippen molar-refractivity contribution in [3.8, 4) is 0 Å². The molecule has 0 atom stereocenters. The van der Waals surface area contributed by atoms with Gasteiger partial charge in [0.1, 0.15) is 0 Å². The summed E-state index contributed by atoms with van der Waals surface area (Å²) in [6.07, 6.45) is 2.73. The minimum Gasteiger partial charge on any atom is -0.466 e. The van der Waals surface area contributed by atoms with E-state index in [1.165, 1.54) is 12.1 Å². The lowest BCUT2D eigenvalue weighted by Crippen LogP contribution is -2.35. The summed E-state index contributed by atoms with van der Waals surface area (Å²) in [4.78, 5) is 36.7. The molecule has 0 saturated carbocycles. The average molecular weight is 377 g/mol. The number of hydrogen-bond acceptors (Lipinski definition) is 6. The molecular weight excluding hydrogens is 350 g/mol. The molecule has 0 radical (unpaired) electrons. The van der Waals surface area contributed by atoms with Crippen molar-refractivity contribution in [2.75, 3.05) is 31.1 Å². The topological polar surface area (TPSA) is 102 Å². The van der Waals surface area contributed by atoms with E-state index in [0.717, 1.165) is 31.6 Å². The summed E-state index contributed by atoms with van der Waals surface area (Å²) in [5, 5.41) is 13.9. The molecule has 1 fully saturated rings. The Morgan fingerprint density at radius 1 is 1.33 bits per heavy atom. The highest BCUT2D eigenvalue weighted by Crippen LogP contribution is 2.29. The van der Waals surface area contributed by atoms with Crippen molar-refractivity contribution in [1.29, 1.82) is 0 Å². The van der Waals surface area contributed by atoms with Crippen LogP contribution in [0.25, 0.3) is 0 Å². The molecule has 1 aromatic carbocycles. The summed E-state index contributed by atoms with van der Waals surface area (Å²) in [7, 11) is 0. The third-order valence-electron chi connectivity index (χ3n) is 4.71. The number of nitrogens with one attached hydrogen (secondary N) is 1. The summed E-state index contributed by atoms with van der Waals surface area (Å²) in [6, 6.07) is 4.42. The van der Waals surface area contributed by atoms with Gasteiger partial charge in [0.05, 0.1) is 22.8 Å². The van der Waals surface area contributed by atoms with E-state index in [1.807, 2.05) is 0 Å². The number of nitro benzene ring substituents is 1. The van der Waals surface area contributed by atoms with Crippen LogP contribution in [0.2, 0.25) is 0 Å². The third kappa shape index (κ3) is 5.94. The number of carbonyl (C=O) groups excluding carboxylic acids is 2. The second kappa shape index (κ2) is 9.89. The van der Waals surface area contributed by atoms with Gasteiger partial charge in [-0.15, -0.1) is 0 Å². The van der Waals surface area contributed by atoms with Crippen LogP contribution in [0.4, 0.5) is 11.4 Å². The molecule has 1 saturated heterocycles. The largest absolute Gasteiger partial charge is 0.466 e. The number of esters is 1. The SMILES string of the molecule is CCOC(=O)CCCNC(=O)c1cc([N+](=O)[O-])ccc1N1CCC(C)CC1. The van der Waals surface area contributed by atoms with Gasteiger partial charge in [0.15, 0.2) is 0 Å². The van der Waals surface area contributed by atoms with Crippen LogP contribution >= 0.6 is 0 Å². The Morgan fingerprint density at radius 3 is 2.67 bits per heavy atom. The Bertz CT molecular complexity index is 684. The lowest BCUT2D eigenvalue weighted by Gasteiger charge is -2.33. The quantitative estimate of drug-likeness (QED) is 0.323. The number of anilines is 1. The van der Waals surface area contributed by atoms with Crippen LogP contribution < -0.4 is 10.2 Å². The monoisotopic (exact) mass is 377 g/mol. The van der Waals surface area contributed by atoms with Gasteiger partial charge in [-0.1, -0.05) is 6.92 Å². The van der Waals surface area contributed by atoms with E-state index >= 15 is 0 Å². The molecule has 27 heavy (non-hydrogen) atoms. The van der Waals surface area contributed by atoms with Gasteiger partial charge < -0.3 is 15.0 Å². The van der Waals surface area contributed by atoms with Crippen LogP contribution in [-0.2, 0) is 9.53 Å². The molecule has 0 aliphatic carbocycles. The number of benzene rings is 1. The number of carbonyl (C=O) groups is 2. The van der Waals surface area contributed by atoms with E-state index in [2.05, 4.69) is 17.1 Å². The van der Waals surface area contributed by atoms with Crippen LogP contribution in [0, 0.1) is 16.0 Å². The minimum atomic E-state index is -0.500. The number of non-ortho nitro benzene ring substituents is 1. The number of nitrogens with zero attached hydrogens (tertiary/aromatic N) is 2. The highest BCUT2D eigenvalue weighted by molar-refractivity contribution is 6.00. The maximum Gasteiger partial charge on any atom is 0.305 e. The fourth-order valence-electron chi connectivity index (χ4n) is 3.11. The Morgan fingerprint density at radius 2 is 2.04 bits per heavy atom. The first-order chi connectivity index (χ1) is 12.9. The van der Waals surface area contributed by atoms with E-state index in [-0.39, 0.29) is 24.0 Å². The molecule has 8 heteroatoms. The Balaban J connectivity index is 2.07. The Labute approximate surface area is 159 Å². The maximum absolute atomic E-state index is 12.6. The normalized spacial score (nSPS) is 14.7. The zero-order valence-corrected chi connectivity index (χ0v) is 15.9. The lowest BCUT2D eigenvalue weighted by molar-refractivity contribution is -0.384. The molecule has 2 rings (SSSR count). The van der Waals surface area contributed by atoms with Crippen molar-refractivity contribution >= 4 is 23.3 Å². The standard InChI is InChI=1S/C19H27N3O5/c1-3-27-18(23)5-4-10-20-19(24)16-13-15(22(25)26)6-7-17(16)21-11-8-14(2)9-12-21/h6-7,13-14H,3-5,8-12H2,1-2H3,(H,20,24). The lowest BCUT2D eigenvalue weighted by atomic mass is 9.98.